The van der Waals surface area contributed by atoms with Gasteiger partial charge in [0.2, 0.25) is 6.79 Å². The zero-order valence-corrected chi connectivity index (χ0v) is 20.8. The van der Waals surface area contributed by atoms with Crippen LogP contribution in [0.3, 0.4) is 0 Å². The molecule has 2 N–H and O–H groups in total. The number of urea groups is 1. The van der Waals surface area contributed by atoms with E-state index in [1.807, 2.05) is 24.3 Å². The molecule has 0 unspecified atom stereocenters. The summed E-state index contributed by atoms with van der Waals surface area (Å²) in [4.78, 5) is 12.8. The van der Waals surface area contributed by atoms with Crippen molar-refractivity contribution in [3.63, 3.8) is 0 Å². The van der Waals surface area contributed by atoms with Crippen LogP contribution in [0.4, 0.5) is 20.6 Å². The largest absolute Gasteiger partial charge is 0.454 e. The summed E-state index contributed by atoms with van der Waals surface area (Å²) >= 11 is 0. The van der Waals surface area contributed by atoms with Crippen molar-refractivity contribution in [2.75, 3.05) is 37.6 Å². The van der Waals surface area contributed by atoms with Crippen LogP contribution in [0.1, 0.15) is 29.5 Å². The number of rotatable bonds is 6. The third-order valence-electron chi connectivity index (χ3n) is 7.24. The van der Waals surface area contributed by atoms with Crippen molar-refractivity contribution in [2.24, 2.45) is 5.92 Å². The van der Waals surface area contributed by atoms with Crippen molar-refractivity contribution in [3.05, 3.63) is 83.2 Å². The standard InChI is InChI=1S/C29H29FN4O3/c1-34(11-9-21(10-12-34)13-20-5-7-24(30)8-6-20)18-23-15-27-28(37-19-36-27)16-26(23)33-29(35)32-25-4-2-3-22(14-25)17-31/h2-8,14-16,21H,9-13,18-19H2,1H3,(H-,32,33,35)/p+1. The highest BCUT2D eigenvalue weighted by molar-refractivity contribution is 6.00. The Hall–Kier alpha value is -4.09. The number of amides is 2. The van der Waals surface area contributed by atoms with Gasteiger partial charge in [0.15, 0.2) is 11.5 Å². The van der Waals surface area contributed by atoms with Gasteiger partial charge in [0, 0.05) is 17.3 Å². The van der Waals surface area contributed by atoms with E-state index in [0.29, 0.717) is 34.4 Å². The minimum absolute atomic E-state index is 0.155. The quantitative estimate of drug-likeness (QED) is 0.427. The zero-order valence-electron chi connectivity index (χ0n) is 20.8. The van der Waals surface area contributed by atoms with Crippen LogP contribution in [-0.4, -0.2) is 37.4 Å². The number of hydrogen-bond acceptors (Lipinski definition) is 4. The van der Waals surface area contributed by atoms with Crippen LogP contribution < -0.4 is 20.1 Å². The molecule has 0 aromatic heterocycles. The number of piperidine rings is 1. The van der Waals surface area contributed by atoms with Crippen molar-refractivity contribution in [2.45, 2.75) is 25.8 Å². The Balaban J connectivity index is 1.27. The highest BCUT2D eigenvalue weighted by atomic mass is 19.1. The van der Waals surface area contributed by atoms with E-state index in [2.05, 4.69) is 23.8 Å². The van der Waals surface area contributed by atoms with E-state index < -0.39 is 6.03 Å². The number of fused-ring (bicyclic) bond motifs is 1. The Bertz CT molecular complexity index is 1330. The van der Waals surface area contributed by atoms with Crippen LogP contribution in [0.15, 0.2) is 60.7 Å². The number of halogens is 1. The lowest BCUT2D eigenvalue weighted by atomic mass is 9.89. The summed E-state index contributed by atoms with van der Waals surface area (Å²) < 4.78 is 25.3. The van der Waals surface area contributed by atoms with Crippen molar-refractivity contribution in [1.82, 2.24) is 0 Å². The number of likely N-dealkylation sites (tertiary alicyclic amines) is 1. The average Bonchev–Trinajstić information content (AvgIpc) is 3.34. The molecule has 0 spiro atoms. The first-order valence-corrected chi connectivity index (χ1v) is 12.5. The number of nitrogens with one attached hydrogen (secondary N) is 2. The first-order valence-electron chi connectivity index (χ1n) is 12.5. The lowest BCUT2D eigenvalue weighted by molar-refractivity contribution is -0.928. The van der Waals surface area contributed by atoms with Crippen molar-refractivity contribution < 1.29 is 23.1 Å². The summed E-state index contributed by atoms with van der Waals surface area (Å²) in [6, 6.07) is 19.1. The van der Waals surface area contributed by atoms with Gasteiger partial charge in [-0.25, -0.2) is 9.18 Å². The molecular formula is C29H30FN4O3+. The Labute approximate surface area is 216 Å². The lowest BCUT2D eigenvalue weighted by Gasteiger charge is -2.41. The molecule has 1 fully saturated rings. The summed E-state index contributed by atoms with van der Waals surface area (Å²) in [7, 11) is 2.25. The molecule has 3 aromatic rings. The summed E-state index contributed by atoms with van der Waals surface area (Å²) in [6.07, 6.45) is 3.12. The topological polar surface area (TPSA) is 83.4 Å². The van der Waals surface area contributed by atoms with E-state index in [1.54, 1.807) is 24.3 Å². The first-order chi connectivity index (χ1) is 17.9. The number of ether oxygens (including phenoxy) is 2. The van der Waals surface area contributed by atoms with Crippen molar-refractivity contribution in [1.29, 1.82) is 5.26 Å². The third-order valence-corrected chi connectivity index (χ3v) is 7.24. The molecule has 8 heteroatoms. The van der Waals surface area contributed by atoms with Gasteiger partial charge in [0.1, 0.15) is 12.4 Å². The summed E-state index contributed by atoms with van der Waals surface area (Å²) in [5.74, 6) is 1.65. The zero-order chi connectivity index (χ0) is 25.8. The van der Waals surface area contributed by atoms with Crippen molar-refractivity contribution >= 4 is 17.4 Å². The first kappa shape index (κ1) is 24.6. The van der Waals surface area contributed by atoms with Gasteiger partial charge < -0.3 is 24.6 Å². The van der Waals surface area contributed by atoms with Crippen LogP contribution in [0.5, 0.6) is 11.5 Å². The number of benzene rings is 3. The minimum Gasteiger partial charge on any atom is -0.454 e. The average molecular weight is 502 g/mol. The van der Waals surface area contributed by atoms with Crippen LogP contribution in [-0.2, 0) is 13.0 Å². The second kappa shape index (κ2) is 10.5. The third kappa shape index (κ3) is 6.01. The molecule has 190 valence electrons. The minimum atomic E-state index is -0.393. The van der Waals surface area contributed by atoms with Gasteiger partial charge in [-0.2, -0.15) is 5.26 Å². The molecule has 0 atom stereocenters. The SMILES string of the molecule is C[N+]1(Cc2cc3c(cc2NC(=O)Nc2cccc(C#N)c2)OCO3)CCC(Cc2ccc(F)cc2)CC1. The number of nitriles is 1. The second-order valence-electron chi connectivity index (χ2n) is 10.1. The smallest absolute Gasteiger partial charge is 0.323 e. The molecule has 0 aliphatic carbocycles. The van der Waals surface area contributed by atoms with Gasteiger partial charge in [-0.05, 0) is 67.1 Å². The number of anilines is 2. The molecule has 1 saturated heterocycles. The van der Waals surface area contributed by atoms with Gasteiger partial charge in [-0.1, -0.05) is 18.2 Å². The Morgan fingerprint density at radius 3 is 2.51 bits per heavy atom. The summed E-state index contributed by atoms with van der Waals surface area (Å²) in [5, 5.41) is 14.9. The number of hydrogen-bond donors (Lipinski definition) is 2. The van der Waals surface area contributed by atoms with E-state index in [0.717, 1.165) is 48.9 Å². The van der Waals surface area contributed by atoms with Crippen LogP contribution in [0.25, 0.3) is 0 Å². The monoisotopic (exact) mass is 501 g/mol. The van der Waals surface area contributed by atoms with Gasteiger partial charge in [0.25, 0.3) is 0 Å². The predicted molar refractivity (Wildman–Crippen MR) is 139 cm³/mol. The van der Waals surface area contributed by atoms with Gasteiger partial charge >= 0.3 is 6.03 Å². The predicted octanol–water partition coefficient (Wildman–Crippen LogP) is 5.67. The fourth-order valence-corrected chi connectivity index (χ4v) is 5.15. The number of carbonyl (C=O) groups is 1. The maximum absolute atomic E-state index is 13.2. The Morgan fingerprint density at radius 2 is 1.78 bits per heavy atom. The summed E-state index contributed by atoms with van der Waals surface area (Å²) in [5.41, 5.74) is 3.84. The Morgan fingerprint density at radius 1 is 1.05 bits per heavy atom. The van der Waals surface area contributed by atoms with E-state index in [4.69, 9.17) is 14.7 Å². The van der Waals surface area contributed by atoms with Crippen molar-refractivity contribution in [3.8, 4) is 17.6 Å². The molecule has 5 rings (SSSR count). The van der Waals surface area contributed by atoms with Crippen LogP contribution >= 0.6 is 0 Å². The molecule has 2 aliphatic rings. The maximum atomic E-state index is 13.2. The van der Waals surface area contributed by atoms with Gasteiger partial charge in [-0.3, -0.25) is 0 Å². The Kier molecular flexibility index (Phi) is 6.97. The van der Waals surface area contributed by atoms with E-state index in [1.165, 1.54) is 17.7 Å². The second-order valence-corrected chi connectivity index (χ2v) is 10.1. The van der Waals surface area contributed by atoms with Gasteiger partial charge in [0.05, 0.1) is 37.5 Å². The van der Waals surface area contributed by atoms with E-state index in [-0.39, 0.29) is 12.6 Å². The molecule has 0 saturated carbocycles. The highest BCUT2D eigenvalue weighted by Crippen LogP contribution is 2.39. The van der Waals surface area contributed by atoms with Gasteiger partial charge in [-0.15, -0.1) is 0 Å². The molecule has 2 heterocycles. The molecule has 3 aromatic carbocycles. The number of nitrogens with zero attached hydrogens (tertiary/aromatic N) is 2. The molecule has 0 radical (unpaired) electrons. The highest BCUT2D eigenvalue weighted by Gasteiger charge is 2.32. The molecule has 2 aliphatic heterocycles. The van der Waals surface area contributed by atoms with Crippen LogP contribution in [0, 0.1) is 23.1 Å². The lowest BCUT2D eigenvalue weighted by Crippen LogP contribution is -2.49. The molecule has 2 amide bonds. The normalized spacial score (nSPS) is 20.2. The molecule has 0 bridgehead atoms. The molecule has 7 nitrogen and oxygen atoms in total. The fraction of sp³-hybridized carbons (Fsp3) is 0.310. The summed E-state index contributed by atoms with van der Waals surface area (Å²) in [6.45, 7) is 2.90. The fourth-order valence-electron chi connectivity index (χ4n) is 5.15. The number of quaternary nitrogens is 1. The molecule has 37 heavy (non-hydrogen) atoms. The molecular weight excluding hydrogens is 471 g/mol. The number of carbonyl (C=O) groups excluding carboxylic acids is 1. The van der Waals surface area contributed by atoms with E-state index in [9.17, 15) is 9.18 Å². The van der Waals surface area contributed by atoms with Crippen LogP contribution in [0.2, 0.25) is 0 Å². The maximum Gasteiger partial charge on any atom is 0.323 e. The van der Waals surface area contributed by atoms with E-state index >= 15 is 0 Å².